The van der Waals surface area contributed by atoms with Crippen molar-refractivity contribution in [2.24, 2.45) is 0 Å². The number of hydrogen-bond acceptors (Lipinski definition) is 4. The molecular weight excluding hydrogens is 316 g/mol. The number of nitrogens with zero attached hydrogens (tertiary/aromatic N) is 2. The number of hydrogen-bond donors (Lipinski definition) is 2. The molecule has 0 bridgehead atoms. The lowest BCUT2D eigenvalue weighted by Crippen LogP contribution is -2.50. The first-order valence-electron chi connectivity index (χ1n) is 5.78. The van der Waals surface area contributed by atoms with Gasteiger partial charge in [-0.1, -0.05) is 0 Å². The summed E-state index contributed by atoms with van der Waals surface area (Å²) in [5.74, 6) is -1.44. The molecule has 0 unspecified atom stereocenters. The van der Waals surface area contributed by atoms with Crippen molar-refractivity contribution in [2.45, 2.75) is 18.4 Å². The predicted octanol–water partition coefficient (Wildman–Crippen LogP) is 0.896. The van der Waals surface area contributed by atoms with Gasteiger partial charge in [0.15, 0.2) is 5.60 Å². The van der Waals surface area contributed by atoms with Crippen molar-refractivity contribution in [1.82, 2.24) is 9.88 Å². The maximum atomic E-state index is 12.2. The van der Waals surface area contributed by atoms with Gasteiger partial charge in [0.1, 0.15) is 0 Å². The van der Waals surface area contributed by atoms with Crippen molar-refractivity contribution in [3.05, 3.63) is 28.5 Å². The van der Waals surface area contributed by atoms with Crippen LogP contribution in [0, 0.1) is 0 Å². The molecule has 2 N–H and O–H groups in total. The quantitative estimate of drug-likeness (QED) is 0.841. The molecule has 7 heteroatoms. The molecule has 1 aromatic heterocycles. The van der Waals surface area contributed by atoms with Crippen molar-refractivity contribution in [2.75, 3.05) is 13.1 Å². The monoisotopic (exact) mass is 328 g/mol. The van der Waals surface area contributed by atoms with Crippen LogP contribution >= 0.6 is 15.9 Å². The number of likely N-dealkylation sites (tertiary alicyclic amines) is 1. The van der Waals surface area contributed by atoms with E-state index in [2.05, 4.69) is 20.9 Å². The number of aliphatic hydroxyl groups is 1. The lowest BCUT2D eigenvalue weighted by Gasteiger charge is -2.35. The molecule has 2 rings (SSSR count). The van der Waals surface area contributed by atoms with E-state index in [1.165, 1.54) is 11.1 Å². The lowest BCUT2D eigenvalue weighted by atomic mass is 9.91. The molecule has 0 aliphatic carbocycles. The van der Waals surface area contributed by atoms with Gasteiger partial charge in [0, 0.05) is 42.8 Å². The van der Waals surface area contributed by atoms with E-state index < -0.39 is 11.6 Å². The van der Waals surface area contributed by atoms with Gasteiger partial charge in [-0.3, -0.25) is 9.78 Å². The third kappa shape index (κ3) is 2.93. The van der Waals surface area contributed by atoms with Crippen molar-refractivity contribution >= 4 is 27.8 Å². The number of amides is 1. The average molecular weight is 329 g/mol. The smallest absolute Gasteiger partial charge is 0.335 e. The highest BCUT2D eigenvalue weighted by atomic mass is 79.9. The molecule has 0 atom stereocenters. The molecule has 1 fully saturated rings. The Balaban J connectivity index is 2.06. The van der Waals surface area contributed by atoms with Gasteiger partial charge < -0.3 is 15.1 Å². The van der Waals surface area contributed by atoms with Crippen LogP contribution in [0.15, 0.2) is 22.9 Å². The van der Waals surface area contributed by atoms with Crippen LogP contribution in [0.2, 0.25) is 0 Å². The number of carboxylic acid groups (broad SMARTS) is 1. The molecule has 1 saturated heterocycles. The average Bonchev–Trinajstić information content (AvgIpc) is 2.38. The zero-order chi connectivity index (χ0) is 14.0. The fraction of sp³-hybridized carbons (Fsp3) is 0.417. The number of pyridine rings is 1. The molecular formula is C12H13BrN2O4. The fourth-order valence-corrected chi connectivity index (χ4v) is 2.37. The minimum atomic E-state index is -1.72. The van der Waals surface area contributed by atoms with Crippen molar-refractivity contribution in [1.29, 1.82) is 0 Å². The minimum absolute atomic E-state index is 0.0372. The molecule has 19 heavy (non-hydrogen) atoms. The van der Waals surface area contributed by atoms with Crippen LogP contribution in [0.1, 0.15) is 23.2 Å². The standard InChI is InChI=1S/C12H13BrN2O4/c13-9-5-8(6-14-7-9)10(16)15-3-1-12(19,2-4-15)11(17)18/h5-7,19H,1-4H2,(H,17,18). The van der Waals surface area contributed by atoms with Gasteiger partial charge in [-0.2, -0.15) is 0 Å². The third-order valence-electron chi connectivity index (χ3n) is 3.23. The molecule has 0 spiro atoms. The van der Waals surface area contributed by atoms with Gasteiger partial charge in [0.05, 0.1) is 5.56 Å². The lowest BCUT2D eigenvalue weighted by molar-refractivity contribution is -0.162. The number of carboxylic acids is 1. The highest BCUT2D eigenvalue weighted by Crippen LogP contribution is 2.23. The summed E-state index contributed by atoms with van der Waals surface area (Å²) in [6, 6.07) is 1.66. The van der Waals surface area contributed by atoms with E-state index in [4.69, 9.17) is 5.11 Å². The summed E-state index contributed by atoms with van der Waals surface area (Å²) in [6.45, 7) is 0.433. The summed E-state index contributed by atoms with van der Waals surface area (Å²) in [4.78, 5) is 28.5. The molecule has 0 saturated carbocycles. The summed E-state index contributed by atoms with van der Waals surface area (Å²) in [5, 5.41) is 18.7. The van der Waals surface area contributed by atoms with Crippen molar-refractivity contribution in [3.8, 4) is 0 Å². The first kappa shape index (κ1) is 14.0. The van der Waals surface area contributed by atoms with Gasteiger partial charge in [-0.05, 0) is 22.0 Å². The van der Waals surface area contributed by atoms with Gasteiger partial charge >= 0.3 is 5.97 Å². The van der Waals surface area contributed by atoms with Crippen LogP contribution in [0.3, 0.4) is 0 Å². The van der Waals surface area contributed by atoms with E-state index in [9.17, 15) is 14.7 Å². The number of aromatic nitrogens is 1. The van der Waals surface area contributed by atoms with Gasteiger partial charge in [-0.15, -0.1) is 0 Å². The zero-order valence-corrected chi connectivity index (χ0v) is 11.6. The second kappa shape index (κ2) is 5.26. The van der Waals surface area contributed by atoms with Crippen LogP contribution in [-0.4, -0.2) is 50.7 Å². The van der Waals surface area contributed by atoms with Crippen LogP contribution in [0.25, 0.3) is 0 Å². The van der Waals surface area contributed by atoms with Gasteiger partial charge in [0.25, 0.3) is 5.91 Å². The van der Waals surface area contributed by atoms with Gasteiger partial charge in [0.2, 0.25) is 0 Å². The van der Waals surface area contributed by atoms with E-state index in [0.29, 0.717) is 10.0 Å². The van der Waals surface area contributed by atoms with Gasteiger partial charge in [-0.25, -0.2) is 4.79 Å². The van der Waals surface area contributed by atoms with E-state index in [1.807, 2.05) is 0 Å². The van der Waals surface area contributed by atoms with Crippen LogP contribution in [0.5, 0.6) is 0 Å². The van der Waals surface area contributed by atoms with E-state index >= 15 is 0 Å². The largest absolute Gasteiger partial charge is 0.479 e. The number of carbonyl (C=O) groups is 2. The Labute approximate surface area is 118 Å². The summed E-state index contributed by atoms with van der Waals surface area (Å²) in [6.07, 6.45) is 3.12. The third-order valence-corrected chi connectivity index (χ3v) is 3.66. The molecule has 1 aromatic rings. The first-order chi connectivity index (χ1) is 8.92. The summed E-state index contributed by atoms with van der Waals surface area (Å²) in [7, 11) is 0. The highest BCUT2D eigenvalue weighted by Gasteiger charge is 2.40. The Morgan fingerprint density at radius 1 is 1.32 bits per heavy atom. The maximum Gasteiger partial charge on any atom is 0.335 e. The Bertz CT molecular complexity index is 512. The summed E-state index contributed by atoms with van der Waals surface area (Å²) < 4.78 is 0.706. The van der Waals surface area contributed by atoms with E-state index in [1.54, 1.807) is 12.3 Å². The highest BCUT2D eigenvalue weighted by molar-refractivity contribution is 9.10. The number of halogens is 1. The Hall–Kier alpha value is -1.47. The number of carbonyl (C=O) groups excluding carboxylic acids is 1. The number of aliphatic carboxylic acids is 1. The predicted molar refractivity (Wildman–Crippen MR) is 69.7 cm³/mol. The van der Waals surface area contributed by atoms with E-state index in [-0.39, 0.29) is 31.8 Å². The fourth-order valence-electron chi connectivity index (χ4n) is 2.00. The molecule has 1 amide bonds. The second-order valence-electron chi connectivity index (χ2n) is 4.52. The second-order valence-corrected chi connectivity index (χ2v) is 5.44. The van der Waals surface area contributed by atoms with Crippen molar-refractivity contribution in [3.63, 3.8) is 0 Å². The summed E-state index contributed by atoms with van der Waals surface area (Å²) in [5.41, 5.74) is -1.28. The first-order valence-corrected chi connectivity index (χ1v) is 6.57. The molecule has 102 valence electrons. The molecule has 0 radical (unpaired) electrons. The molecule has 0 aromatic carbocycles. The van der Waals surface area contributed by atoms with Crippen molar-refractivity contribution < 1.29 is 19.8 Å². The van der Waals surface area contributed by atoms with Crippen LogP contribution in [0.4, 0.5) is 0 Å². The molecule has 2 heterocycles. The molecule has 1 aliphatic rings. The van der Waals surface area contributed by atoms with Crippen LogP contribution in [-0.2, 0) is 4.79 Å². The Kier molecular flexibility index (Phi) is 3.86. The molecule has 6 nitrogen and oxygen atoms in total. The van der Waals surface area contributed by atoms with E-state index in [0.717, 1.165) is 0 Å². The maximum absolute atomic E-state index is 12.2. The summed E-state index contributed by atoms with van der Waals surface area (Å²) >= 11 is 3.24. The number of rotatable bonds is 2. The minimum Gasteiger partial charge on any atom is -0.479 e. The normalized spacial score (nSPS) is 18.1. The Morgan fingerprint density at radius 3 is 2.47 bits per heavy atom. The zero-order valence-electron chi connectivity index (χ0n) is 10.0. The Morgan fingerprint density at radius 2 is 1.95 bits per heavy atom. The molecule has 1 aliphatic heterocycles. The topological polar surface area (TPSA) is 90.7 Å². The number of piperidine rings is 1. The SMILES string of the molecule is O=C(c1cncc(Br)c1)N1CCC(O)(C(=O)O)CC1. The van der Waals surface area contributed by atoms with Crippen LogP contribution < -0.4 is 0 Å².